The van der Waals surface area contributed by atoms with Crippen LogP contribution in [0.4, 0.5) is 0 Å². The van der Waals surface area contributed by atoms with Crippen molar-refractivity contribution in [1.29, 1.82) is 0 Å². The zero-order chi connectivity index (χ0) is 15.2. The maximum absolute atomic E-state index is 5.62. The summed E-state index contributed by atoms with van der Waals surface area (Å²) < 4.78 is 26.8. The first-order valence-corrected chi connectivity index (χ1v) is 7.25. The third-order valence-electron chi connectivity index (χ3n) is 2.31. The summed E-state index contributed by atoms with van der Waals surface area (Å²) in [7, 11) is 1.58. The van der Waals surface area contributed by atoms with E-state index in [0.29, 0.717) is 44.9 Å². The summed E-state index contributed by atoms with van der Waals surface area (Å²) >= 11 is 0. The highest BCUT2D eigenvalue weighted by Gasteiger charge is 2.05. The molecule has 0 rings (SSSR count). The monoisotopic (exact) mass is 290 g/mol. The largest absolute Gasteiger partial charge is 0.469 e. The Morgan fingerprint density at radius 2 is 1.65 bits per heavy atom. The maximum Gasteiger partial charge on any atom is 0.277 e. The Morgan fingerprint density at radius 1 is 1.00 bits per heavy atom. The first-order valence-electron chi connectivity index (χ1n) is 7.25. The van der Waals surface area contributed by atoms with E-state index in [0.717, 1.165) is 6.61 Å². The van der Waals surface area contributed by atoms with E-state index >= 15 is 0 Å². The molecule has 0 bridgehead atoms. The fourth-order valence-electron chi connectivity index (χ4n) is 1.32. The second kappa shape index (κ2) is 13.2. The van der Waals surface area contributed by atoms with E-state index < -0.39 is 0 Å². The first kappa shape index (κ1) is 19.2. The van der Waals surface area contributed by atoms with E-state index in [-0.39, 0.29) is 6.10 Å². The molecule has 0 spiro atoms. The van der Waals surface area contributed by atoms with Gasteiger partial charge in [-0.3, -0.25) is 0 Å². The third kappa shape index (κ3) is 12.3. The number of rotatable bonds is 13. The van der Waals surface area contributed by atoms with Crippen LogP contribution in [0.15, 0.2) is 12.0 Å². The van der Waals surface area contributed by atoms with Crippen LogP contribution in [-0.2, 0) is 23.7 Å². The highest BCUT2D eigenvalue weighted by atomic mass is 16.7. The molecule has 5 heteroatoms. The molecule has 0 heterocycles. The van der Waals surface area contributed by atoms with Crippen molar-refractivity contribution in [2.24, 2.45) is 5.92 Å². The molecule has 0 aromatic rings. The predicted molar refractivity (Wildman–Crippen MR) is 78.6 cm³/mol. The maximum atomic E-state index is 5.62. The Morgan fingerprint density at radius 3 is 2.25 bits per heavy atom. The minimum absolute atomic E-state index is 0.0359. The summed E-state index contributed by atoms with van der Waals surface area (Å²) in [5, 5.41) is 0. The Hall–Kier alpha value is -0.780. The van der Waals surface area contributed by atoms with Gasteiger partial charge in [-0.2, -0.15) is 0 Å². The molecular formula is C15H30O5. The average Bonchev–Trinajstić information content (AvgIpc) is 2.42. The molecule has 0 N–H and O–H groups in total. The van der Waals surface area contributed by atoms with Crippen LogP contribution in [0.2, 0.25) is 0 Å². The summed E-state index contributed by atoms with van der Waals surface area (Å²) in [5.41, 5.74) is 0. The summed E-state index contributed by atoms with van der Waals surface area (Å²) in [5.74, 6) is 0.978. The molecule has 0 saturated heterocycles. The SMILES string of the molecule is CCOCCOCCO/C(=C/C(C)OCC(C)C)OC. The molecular weight excluding hydrogens is 260 g/mol. The zero-order valence-corrected chi connectivity index (χ0v) is 13.5. The molecule has 0 aromatic carbocycles. The van der Waals surface area contributed by atoms with Crippen molar-refractivity contribution in [2.75, 3.05) is 46.8 Å². The first-order chi connectivity index (χ1) is 9.60. The Kier molecular flexibility index (Phi) is 12.7. The normalized spacial score (nSPS) is 13.6. The Balaban J connectivity index is 3.73. The van der Waals surface area contributed by atoms with E-state index in [1.54, 1.807) is 7.11 Å². The lowest BCUT2D eigenvalue weighted by molar-refractivity contribution is -0.00214. The molecule has 0 radical (unpaired) electrons. The summed E-state index contributed by atoms with van der Waals surface area (Å²) in [6.07, 6.45) is 1.79. The lowest BCUT2D eigenvalue weighted by Crippen LogP contribution is -2.13. The zero-order valence-electron chi connectivity index (χ0n) is 13.5. The van der Waals surface area contributed by atoms with Crippen molar-refractivity contribution in [2.45, 2.75) is 33.8 Å². The fourth-order valence-corrected chi connectivity index (χ4v) is 1.32. The quantitative estimate of drug-likeness (QED) is 0.385. The molecule has 0 aromatic heterocycles. The molecule has 0 aliphatic heterocycles. The molecule has 1 atom stereocenters. The van der Waals surface area contributed by atoms with Gasteiger partial charge in [-0.25, -0.2) is 0 Å². The molecule has 0 saturated carbocycles. The van der Waals surface area contributed by atoms with E-state index in [1.807, 2.05) is 19.9 Å². The smallest absolute Gasteiger partial charge is 0.277 e. The lowest BCUT2D eigenvalue weighted by atomic mass is 10.2. The van der Waals surface area contributed by atoms with Crippen molar-refractivity contribution < 1.29 is 23.7 Å². The van der Waals surface area contributed by atoms with Gasteiger partial charge in [0, 0.05) is 19.3 Å². The van der Waals surface area contributed by atoms with Gasteiger partial charge in [0.05, 0.1) is 33.0 Å². The summed E-state index contributed by atoms with van der Waals surface area (Å²) in [6, 6.07) is 0. The van der Waals surface area contributed by atoms with Crippen molar-refractivity contribution in [3.05, 3.63) is 12.0 Å². The van der Waals surface area contributed by atoms with Crippen molar-refractivity contribution in [3.63, 3.8) is 0 Å². The molecule has 20 heavy (non-hydrogen) atoms. The molecule has 1 unspecified atom stereocenters. The fraction of sp³-hybridized carbons (Fsp3) is 0.867. The third-order valence-corrected chi connectivity index (χ3v) is 2.31. The van der Waals surface area contributed by atoms with Crippen LogP contribution in [0, 0.1) is 5.92 Å². The van der Waals surface area contributed by atoms with E-state index in [1.165, 1.54) is 0 Å². The van der Waals surface area contributed by atoms with Gasteiger partial charge in [-0.15, -0.1) is 0 Å². The second-order valence-corrected chi connectivity index (χ2v) is 4.78. The molecule has 0 aliphatic rings. The molecule has 0 aliphatic carbocycles. The predicted octanol–water partition coefficient (Wildman–Crippen LogP) is 2.61. The van der Waals surface area contributed by atoms with Gasteiger partial charge in [0.2, 0.25) is 0 Å². The lowest BCUT2D eigenvalue weighted by Gasteiger charge is -2.14. The van der Waals surface area contributed by atoms with E-state index in [2.05, 4.69) is 13.8 Å². The van der Waals surface area contributed by atoms with Gasteiger partial charge >= 0.3 is 0 Å². The van der Waals surface area contributed by atoms with Crippen LogP contribution in [0.25, 0.3) is 0 Å². The van der Waals surface area contributed by atoms with Crippen LogP contribution in [-0.4, -0.2) is 52.9 Å². The summed E-state index contributed by atoms with van der Waals surface area (Å²) in [6.45, 7) is 11.7. The van der Waals surface area contributed by atoms with E-state index in [4.69, 9.17) is 23.7 Å². The Labute approximate surface area is 123 Å². The Bertz CT molecular complexity index is 240. The van der Waals surface area contributed by atoms with Crippen LogP contribution in [0.3, 0.4) is 0 Å². The molecule has 5 nitrogen and oxygen atoms in total. The molecule has 0 fully saturated rings. The molecule has 0 amide bonds. The van der Waals surface area contributed by atoms with Gasteiger partial charge in [-0.05, 0) is 19.8 Å². The summed E-state index contributed by atoms with van der Waals surface area (Å²) in [4.78, 5) is 0. The van der Waals surface area contributed by atoms with E-state index in [9.17, 15) is 0 Å². The second-order valence-electron chi connectivity index (χ2n) is 4.78. The van der Waals surface area contributed by atoms with Crippen LogP contribution < -0.4 is 0 Å². The van der Waals surface area contributed by atoms with Gasteiger partial charge in [0.25, 0.3) is 5.95 Å². The van der Waals surface area contributed by atoms with Gasteiger partial charge < -0.3 is 23.7 Å². The number of methoxy groups -OCH3 is 1. The van der Waals surface area contributed by atoms with Crippen LogP contribution >= 0.6 is 0 Å². The van der Waals surface area contributed by atoms with Gasteiger partial charge in [0.1, 0.15) is 6.61 Å². The van der Waals surface area contributed by atoms with Crippen LogP contribution in [0.1, 0.15) is 27.7 Å². The number of hydrogen-bond acceptors (Lipinski definition) is 5. The standard InChI is InChI=1S/C15H30O5/c1-6-17-7-8-18-9-10-19-15(16-5)11-14(4)20-12-13(2)3/h11,13-14H,6-10,12H2,1-5H3/b15-11+. The minimum atomic E-state index is -0.0359. The molecule has 120 valence electrons. The van der Waals surface area contributed by atoms with Gasteiger partial charge in [0.15, 0.2) is 0 Å². The highest BCUT2D eigenvalue weighted by molar-refractivity contribution is 4.89. The minimum Gasteiger partial charge on any atom is -0.469 e. The highest BCUT2D eigenvalue weighted by Crippen LogP contribution is 2.05. The number of hydrogen-bond donors (Lipinski definition) is 0. The van der Waals surface area contributed by atoms with Crippen molar-refractivity contribution >= 4 is 0 Å². The average molecular weight is 290 g/mol. The van der Waals surface area contributed by atoms with Crippen LogP contribution in [0.5, 0.6) is 0 Å². The van der Waals surface area contributed by atoms with Crippen molar-refractivity contribution in [3.8, 4) is 0 Å². The topological polar surface area (TPSA) is 46.2 Å². The van der Waals surface area contributed by atoms with Gasteiger partial charge in [-0.1, -0.05) is 13.8 Å². The number of ether oxygens (including phenoxy) is 5. The van der Waals surface area contributed by atoms with Crippen molar-refractivity contribution in [1.82, 2.24) is 0 Å².